The molecule has 6 heteroatoms. The first kappa shape index (κ1) is 13.7. The second kappa shape index (κ2) is 5.84. The van der Waals surface area contributed by atoms with Crippen LogP contribution in [0.15, 0.2) is 18.2 Å². The maximum Gasteiger partial charge on any atom is 0.219 e. The SMILES string of the molecule is CC(CC(N)=O)Nc1cccc(Cl)c1C(N)=S. The number of nitrogens with two attached hydrogens (primary N) is 2. The molecule has 1 aromatic carbocycles. The van der Waals surface area contributed by atoms with Crippen LogP contribution in [0.2, 0.25) is 5.02 Å². The lowest BCUT2D eigenvalue weighted by molar-refractivity contribution is -0.118. The Labute approximate surface area is 110 Å². The van der Waals surface area contributed by atoms with Crippen LogP contribution in [0.3, 0.4) is 0 Å². The number of primary amides is 1. The van der Waals surface area contributed by atoms with Crippen LogP contribution in [-0.4, -0.2) is 16.9 Å². The topological polar surface area (TPSA) is 81.1 Å². The van der Waals surface area contributed by atoms with Crippen LogP contribution < -0.4 is 16.8 Å². The van der Waals surface area contributed by atoms with Crippen molar-refractivity contribution in [1.29, 1.82) is 0 Å². The molecule has 1 atom stereocenters. The molecule has 1 rings (SSSR count). The number of rotatable bonds is 5. The van der Waals surface area contributed by atoms with E-state index in [9.17, 15) is 4.79 Å². The average Bonchev–Trinajstić information content (AvgIpc) is 2.15. The number of carbonyl (C=O) groups is 1. The van der Waals surface area contributed by atoms with Crippen LogP contribution in [0.4, 0.5) is 5.69 Å². The predicted octanol–water partition coefficient (Wildman–Crippen LogP) is 1.65. The van der Waals surface area contributed by atoms with Gasteiger partial charge in [0, 0.05) is 18.2 Å². The van der Waals surface area contributed by atoms with E-state index in [1.807, 2.05) is 6.92 Å². The molecule has 0 aliphatic rings. The Morgan fingerprint density at radius 1 is 1.53 bits per heavy atom. The van der Waals surface area contributed by atoms with Crippen molar-refractivity contribution >= 4 is 40.4 Å². The molecule has 0 aliphatic carbocycles. The summed E-state index contributed by atoms with van der Waals surface area (Å²) in [6, 6.07) is 5.18. The molecular formula is C11H14ClN3OS. The van der Waals surface area contributed by atoms with Crippen LogP contribution in [-0.2, 0) is 4.79 Å². The van der Waals surface area contributed by atoms with Crippen LogP contribution in [0.25, 0.3) is 0 Å². The number of nitrogens with one attached hydrogen (secondary N) is 1. The van der Waals surface area contributed by atoms with E-state index < -0.39 is 0 Å². The van der Waals surface area contributed by atoms with Gasteiger partial charge in [0.2, 0.25) is 5.91 Å². The molecule has 5 N–H and O–H groups in total. The van der Waals surface area contributed by atoms with Gasteiger partial charge in [0.15, 0.2) is 0 Å². The lowest BCUT2D eigenvalue weighted by atomic mass is 10.1. The molecule has 1 aromatic rings. The fourth-order valence-corrected chi connectivity index (χ4v) is 2.07. The summed E-state index contributed by atoms with van der Waals surface area (Å²) in [5.74, 6) is -0.371. The van der Waals surface area contributed by atoms with Gasteiger partial charge in [-0.15, -0.1) is 0 Å². The number of hydrogen-bond donors (Lipinski definition) is 3. The Kier molecular flexibility index (Phi) is 4.72. The maximum absolute atomic E-state index is 10.8. The van der Waals surface area contributed by atoms with Gasteiger partial charge in [-0.3, -0.25) is 4.79 Å². The third-order valence-corrected chi connectivity index (χ3v) is 2.69. The third kappa shape index (κ3) is 3.87. The first-order valence-electron chi connectivity index (χ1n) is 5.05. The second-order valence-electron chi connectivity index (χ2n) is 3.74. The van der Waals surface area contributed by atoms with Gasteiger partial charge in [0.1, 0.15) is 4.99 Å². The predicted molar refractivity (Wildman–Crippen MR) is 74.2 cm³/mol. The smallest absolute Gasteiger partial charge is 0.219 e. The fraction of sp³-hybridized carbons (Fsp3) is 0.273. The van der Waals surface area contributed by atoms with E-state index in [-0.39, 0.29) is 23.4 Å². The summed E-state index contributed by atoms with van der Waals surface area (Å²) in [7, 11) is 0. The van der Waals surface area contributed by atoms with Gasteiger partial charge in [-0.1, -0.05) is 29.9 Å². The van der Waals surface area contributed by atoms with Crippen molar-refractivity contribution in [3.05, 3.63) is 28.8 Å². The molecule has 0 saturated carbocycles. The molecule has 0 aromatic heterocycles. The highest BCUT2D eigenvalue weighted by Gasteiger charge is 2.12. The number of anilines is 1. The van der Waals surface area contributed by atoms with Crippen LogP contribution in [0, 0.1) is 0 Å². The molecule has 0 bridgehead atoms. The van der Waals surface area contributed by atoms with Crippen molar-refractivity contribution in [3.63, 3.8) is 0 Å². The summed E-state index contributed by atoms with van der Waals surface area (Å²) in [5, 5.41) is 3.59. The summed E-state index contributed by atoms with van der Waals surface area (Å²) in [4.78, 5) is 11.0. The minimum absolute atomic E-state index is 0.112. The van der Waals surface area contributed by atoms with Gasteiger partial charge < -0.3 is 16.8 Å². The number of amides is 1. The zero-order valence-electron chi connectivity index (χ0n) is 9.37. The molecule has 0 spiro atoms. The number of thiocarbonyl (C=S) groups is 1. The Morgan fingerprint density at radius 3 is 2.71 bits per heavy atom. The standard InChI is InChI=1S/C11H14ClN3OS/c1-6(5-9(13)16)15-8-4-2-3-7(12)10(8)11(14)17/h2-4,6,15H,5H2,1H3,(H2,13,16)(H2,14,17). The van der Waals surface area contributed by atoms with E-state index in [4.69, 9.17) is 35.3 Å². The highest BCUT2D eigenvalue weighted by atomic mass is 35.5. The van der Waals surface area contributed by atoms with Gasteiger partial charge in [-0.2, -0.15) is 0 Å². The van der Waals surface area contributed by atoms with Gasteiger partial charge >= 0.3 is 0 Å². The van der Waals surface area contributed by atoms with E-state index in [1.165, 1.54) is 0 Å². The summed E-state index contributed by atoms with van der Waals surface area (Å²) in [5.41, 5.74) is 12.0. The lowest BCUT2D eigenvalue weighted by Gasteiger charge is -2.17. The average molecular weight is 272 g/mol. The van der Waals surface area contributed by atoms with Crippen molar-refractivity contribution in [3.8, 4) is 0 Å². The Hall–Kier alpha value is -1.33. The molecule has 0 heterocycles. The second-order valence-corrected chi connectivity index (χ2v) is 4.59. The van der Waals surface area contributed by atoms with Gasteiger partial charge in [0.05, 0.1) is 10.6 Å². The molecule has 1 amide bonds. The number of carbonyl (C=O) groups excluding carboxylic acids is 1. The van der Waals surface area contributed by atoms with Crippen molar-refractivity contribution in [2.75, 3.05) is 5.32 Å². The lowest BCUT2D eigenvalue weighted by Crippen LogP contribution is -2.25. The minimum atomic E-state index is -0.371. The first-order chi connectivity index (χ1) is 7.91. The molecule has 0 radical (unpaired) electrons. The van der Waals surface area contributed by atoms with E-state index in [0.29, 0.717) is 16.3 Å². The summed E-state index contributed by atoms with van der Waals surface area (Å²) in [6.45, 7) is 1.84. The largest absolute Gasteiger partial charge is 0.389 e. The molecule has 0 saturated heterocycles. The summed E-state index contributed by atoms with van der Waals surface area (Å²) >= 11 is 11.0. The summed E-state index contributed by atoms with van der Waals surface area (Å²) in [6.07, 6.45) is 0.225. The Balaban J connectivity index is 2.94. The van der Waals surface area contributed by atoms with Crippen molar-refractivity contribution < 1.29 is 4.79 Å². The fourth-order valence-electron chi connectivity index (χ4n) is 1.51. The number of halogens is 1. The van der Waals surface area contributed by atoms with E-state index in [2.05, 4.69) is 5.32 Å². The molecule has 0 aliphatic heterocycles. The normalized spacial score (nSPS) is 11.9. The highest BCUT2D eigenvalue weighted by molar-refractivity contribution is 7.80. The zero-order valence-corrected chi connectivity index (χ0v) is 10.9. The van der Waals surface area contributed by atoms with Gasteiger partial charge in [-0.05, 0) is 19.1 Å². The van der Waals surface area contributed by atoms with Crippen molar-refractivity contribution in [2.45, 2.75) is 19.4 Å². The Bertz CT molecular complexity index is 450. The molecule has 17 heavy (non-hydrogen) atoms. The van der Waals surface area contributed by atoms with Crippen LogP contribution in [0.1, 0.15) is 18.9 Å². The van der Waals surface area contributed by atoms with Gasteiger partial charge in [0.25, 0.3) is 0 Å². The number of hydrogen-bond acceptors (Lipinski definition) is 3. The third-order valence-electron chi connectivity index (χ3n) is 2.17. The van der Waals surface area contributed by atoms with E-state index >= 15 is 0 Å². The van der Waals surface area contributed by atoms with Crippen molar-refractivity contribution in [2.24, 2.45) is 11.5 Å². The Morgan fingerprint density at radius 2 is 2.18 bits per heavy atom. The number of benzene rings is 1. The monoisotopic (exact) mass is 271 g/mol. The molecule has 4 nitrogen and oxygen atoms in total. The molecule has 92 valence electrons. The molecular weight excluding hydrogens is 258 g/mol. The molecule has 1 unspecified atom stereocenters. The molecule has 0 fully saturated rings. The minimum Gasteiger partial charge on any atom is -0.389 e. The quantitative estimate of drug-likeness (QED) is 0.712. The van der Waals surface area contributed by atoms with Crippen LogP contribution >= 0.6 is 23.8 Å². The zero-order chi connectivity index (χ0) is 13.0. The maximum atomic E-state index is 10.8. The van der Waals surface area contributed by atoms with E-state index in [0.717, 1.165) is 0 Å². The van der Waals surface area contributed by atoms with Gasteiger partial charge in [-0.25, -0.2) is 0 Å². The van der Waals surface area contributed by atoms with Crippen LogP contribution in [0.5, 0.6) is 0 Å². The van der Waals surface area contributed by atoms with Crippen molar-refractivity contribution in [1.82, 2.24) is 0 Å². The highest BCUT2D eigenvalue weighted by Crippen LogP contribution is 2.25. The summed E-state index contributed by atoms with van der Waals surface area (Å²) < 4.78 is 0. The first-order valence-corrected chi connectivity index (χ1v) is 5.83. The van der Waals surface area contributed by atoms with E-state index in [1.54, 1.807) is 18.2 Å².